The molecule has 2 aromatic carbocycles. The summed E-state index contributed by atoms with van der Waals surface area (Å²) in [6.07, 6.45) is 3.21. The smallest absolute Gasteiger partial charge is 0.290 e. The van der Waals surface area contributed by atoms with Crippen molar-refractivity contribution in [2.45, 2.75) is 57.7 Å². The van der Waals surface area contributed by atoms with Crippen LogP contribution in [0.1, 0.15) is 66.4 Å². The highest BCUT2D eigenvalue weighted by atomic mass is 35.5. The first-order chi connectivity index (χ1) is 18.6. The van der Waals surface area contributed by atoms with Crippen molar-refractivity contribution in [1.82, 2.24) is 9.80 Å². The Morgan fingerprint density at radius 1 is 1.10 bits per heavy atom. The van der Waals surface area contributed by atoms with Crippen molar-refractivity contribution >= 4 is 35.6 Å². The van der Waals surface area contributed by atoms with Crippen LogP contribution in [0.3, 0.4) is 0 Å². The molecule has 2 heterocycles. The van der Waals surface area contributed by atoms with E-state index in [1.165, 1.54) is 11.0 Å². The lowest BCUT2D eigenvalue weighted by Crippen LogP contribution is -2.41. The quantitative estimate of drug-likeness (QED) is 0.373. The van der Waals surface area contributed by atoms with Crippen LogP contribution in [0.5, 0.6) is 5.75 Å². The zero-order valence-corrected chi connectivity index (χ0v) is 23.5. The topological polar surface area (TPSA) is 70.1 Å². The number of carbonyl (C=O) groups excluding carboxylic acids is 1. The lowest BCUT2D eigenvalue weighted by Gasteiger charge is -2.39. The first-order valence-corrected chi connectivity index (χ1v) is 14.0. The second kappa shape index (κ2) is 12.8. The predicted octanol–water partition coefficient (Wildman–Crippen LogP) is 6.58. The highest BCUT2D eigenvalue weighted by molar-refractivity contribution is 6.34. The molecule has 3 aliphatic rings. The Morgan fingerprint density at radius 2 is 1.74 bits per heavy atom. The van der Waals surface area contributed by atoms with E-state index in [0.29, 0.717) is 41.3 Å². The van der Waals surface area contributed by atoms with Gasteiger partial charge in [-0.05, 0) is 86.5 Å². The van der Waals surface area contributed by atoms with Gasteiger partial charge in [0.05, 0.1) is 18.7 Å². The highest BCUT2D eigenvalue weighted by Crippen LogP contribution is 2.46. The summed E-state index contributed by atoms with van der Waals surface area (Å²) in [4.78, 5) is 25.0. The zero-order chi connectivity index (χ0) is 28.2. The normalized spacial score (nSPS) is 20.7. The average molecular weight is 584 g/mol. The molecular formula is C29H34Cl2F2N2O4. The third-order valence-electron chi connectivity index (χ3n) is 7.73. The van der Waals surface area contributed by atoms with E-state index in [1.807, 2.05) is 12.1 Å². The van der Waals surface area contributed by atoms with Gasteiger partial charge in [-0.2, -0.15) is 0 Å². The fourth-order valence-electron chi connectivity index (χ4n) is 5.25. The Morgan fingerprint density at radius 3 is 2.31 bits per heavy atom. The maximum absolute atomic E-state index is 15.0. The van der Waals surface area contributed by atoms with E-state index >= 15 is 4.39 Å². The Kier molecular flexibility index (Phi) is 9.73. The molecule has 0 radical (unpaired) electrons. The van der Waals surface area contributed by atoms with Crippen LogP contribution < -0.4 is 4.74 Å². The number of carboxylic acid groups (broad SMARTS) is 1. The second-order valence-corrected chi connectivity index (χ2v) is 11.9. The number of nitrogens with zero attached hydrogens (tertiary/aromatic N) is 2. The van der Waals surface area contributed by atoms with Crippen molar-refractivity contribution in [3.05, 3.63) is 62.9 Å². The van der Waals surface area contributed by atoms with E-state index in [2.05, 4.69) is 11.8 Å². The number of alkyl halides is 1. The first kappa shape index (κ1) is 29.6. The van der Waals surface area contributed by atoms with Gasteiger partial charge in [0.25, 0.3) is 12.4 Å². The van der Waals surface area contributed by atoms with Crippen molar-refractivity contribution in [3.8, 4) is 5.75 Å². The molecule has 0 spiro atoms. The second-order valence-electron chi connectivity index (χ2n) is 11.0. The van der Waals surface area contributed by atoms with E-state index < -0.39 is 17.9 Å². The summed E-state index contributed by atoms with van der Waals surface area (Å²) in [7, 11) is 0. The number of amides is 1. The number of halogens is 4. The summed E-state index contributed by atoms with van der Waals surface area (Å²) in [5.74, 6) is -0.198. The minimum atomic E-state index is -1.03. The number of benzene rings is 2. The molecule has 39 heavy (non-hydrogen) atoms. The molecule has 2 saturated heterocycles. The molecule has 2 aromatic rings. The van der Waals surface area contributed by atoms with Gasteiger partial charge in [0.15, 0.2) is 0 Å². The average Bonchev–Trinajstić information content (AvgIpc) is 3.63. The van der Waals surface area contributed by atoms with Gasteiger partial charge in [0.1, 0.15) is 17.7 Å². The van der Waals surface area contributed by atoms with Crippen LogP contribution in [0.4, 0.5) is 8.78 Å². The van der Waals surface area contributed by atoms with Crippen LogP contribution in [0.2, 0.25) is 10.0 Å². The van der Waals surface area contributed by atoms with Crippen molar-refractivity contribution in [3.63, 3.8) is 0 Å². The summed E-state index contributed by atoms with van der Waals surface area (Å²) in [5.41, 5.74) is 2.00. The molecular weight excluding hydrogens is 549 g/mol. The van der Waals surface area contributed by atoms with Gasteiger partial charge in [0, 0.05) is 34.6 Å². The predicted molar refractivity (Wildman–Crippen MR) is 147 cm³/mol. The molecule has 10 heteroatoms. The summed E-state index contributed by atoms with van der Waals surface area (Å²) in [5, 5.41) is 8.18. The lowest BCUT2D eigenvalue weighted by atomic mass is 9.81. The summed E-state index contributed by atoms with van der Waals surface area (Å²) in [6.45, 7) is 5.47. The van der Waals surface area contributed by atoms with Crippen LogP contribution in [-0.2, 0) is 11.3 Å². The highest BCUT2D eigenvalue weighted by Gasteiger charge is 2.35. The molecule has 2 aliphatic heterocycles. The number of carbonyl (C=O) groups is 2. The van der Waals surface area contributed by atoms with Crippen LogP contribution in [-0.4, -0.2) is 66.2 Å². The number of ether oxygens (including phenoxy) is 1. The van der Waals surface area contributed by atoms with Gasteiger partial charge in [-0.25, -0.2) is 8.78 Å². The van der Waals surface area contributed by atoms with Crippen molar-refractivity contribution in [2.75, 3.05) is 32.8 Å². The van der Waals surface area contributed by atoms with Crippen LogP contribution in [0.25, 0.3) is 0 Å². The van der Waals surface area contributed by atoms with Crippen LogP contribution in [0.15, 0.2) is 30.3 Å². The van der Waals surface area contributed by atoms with Crippen molar-refractivity contribution < 1.29 is 28.2 Å². The summed E-state index contributed by atoms with van der Waals surface area (Å²) < 4.78 is 34.9. The van der Waals surface area contributed by atoms with E-state index in [0.717, 1.165) is 56.4 Å². The van der Waals surface area contributed by atoms with E-state index in [-0.39, 0.29) is 24.0 Å². The standard InChI is InChI=1S/C28H32Cl2F2N2O2.CH2O2/c1-28(5-8-33(9-6-28)15-18-10-20(29)12-21(30)11-18)17-36-26-14-25(32)24(13-23(26)19-2-3-19)27(35)34-7-4-22(31)16-34;2-1-3/h10-14,19,22H,2-9,15-17H2,1H3;1H,(H,2,3). The molecule has 212 valence electrons. The van der Waals surface area contributed by atoms with Crippen LogP contribution in [0, 0.1) is 11.2 Å². The van der Waals surface area contributed by atoms with Gasteiger partial charge in [-0.3, -0.25) is 14.5 Å². The largest absolute Gasteiger partial charge is 0.493 e. The number of hydrogen-bond acceptors (Lipinski definition) is 4. The third kappa shape index (κ3) is 7.83. The molecule has 1 atom stereocenters. The van der Waals surface area contributed by atoms with E-state index in [9.17, 15) is 9.18 Å². The number of hydrogen-bond donors (Lipinski definition) is 1. The molecule has 3 fully saturated rings. The molecule has 6 nitrogen and oxygen atoms in total. The van der Waals surface area contributed by atoms with Crippen LogP contribution >= 0.6 is 23.2 Å². The lowest BCUT2D eigenvalue weighted by molar-refractivity contribution is -0.122. The molecule has 0 aromatic heterocycles. The molecule has 1 N–H and O–H groups in total. The van der Waals surface area contributed by atoms with E-state index in [1.54, 1.807) is 12.1 Å². The molecule has 1 aliphatic carbocycles. The Labute approximate surface area is 237 Å². The Balaban J connectivity index is 0.00000112. The first-order valence-electron chi connectivity index (χ1n) is 13.3. The maximum Gasteiger partial charge on any atom is 0.290 e. The SMILES string of the molecule is CC1(COc2cc(F)c(C(=O)N3CCC(F)C3)cc2C2CC2)CCN(Cc2cc(Cl)cc(Cl)c2)CC1.O=CO. The number of likely N-dealkylation sites (tertiary alicyclic amines) is 2. The summed E-state index contributed by atoms with van der Waals surface area (Å²) >= 11 is 12.3. The minimum absolute atomic E-state index is 0.0268. The molecule has 1 unspecified atom stereocenters. The fourth-order valence-corrected chi connectivity index (χ4v) is 5.83. The Hall–Kier alpha value is -2.42. The van der Waals surface area contributed by atoms with Gasteiger partial charge in [-0.1, -0.05) is 30.1 Å². The number of piperidine rings is 1. The van der Waals surface area contributed by atoms with Crippen molar-refractivity contribution in [1.29, 1.82) is 0 Å². The zero-order valence-electron chi connectivity index (χ0n) is 22.0. The monoisotopic (exact) mass is 582 g/mol. The van der Waals surface area contributed by atoms with Gasteiger partial charge >= 0.3 is 0 Å². The fraction of sp³-hybridized carbons (Fsp3) is 0.517. The Bertz CT molecular complexity index is 1170. The number of rotatable bonds is 7. The molecule has 0 bridgehead atoms. The minimum Gasteiger partial charge on any atom is -0.493 e. The molecule has 1 amide bonds. The van der Waals surface area contributed by atoms with Gasteiger partial charge in [-0.15, -0.1) is 0 Å². The van der Waals surface area contributed by atoms with Gasteiger partial charge < -0.3 is 14.7 Å². The molecule has 5 rings (SSSR count). The maximum atomic E-state index is 15.0. The van der Waals surface area contributed by atoms with Crippen molar-refractivity contribution in [2.24, 2.45) is 5.41 Å². The van der Waals surface area contributed by atoms with Gasteiger partial charge in [0.2, 0.25) is 0 Å². The van der Waals surface area contributed by atoms with E-state index in [4.69, 9.17) is 37.8 Å². The third-order valence-corrected chi connectivity index (χ3v) is 8.17. The summed E-state index contributed by atoms with van der Waals surface area (Å²) in [6, 6.07) is 8.66. The molecule has 1 saturated carbocycles.